The van der Waals surface area contributed by atoms with Gasteiger partial charge in [-0.3, -0.25) is 4.79 Å². The van der Waals surface area contributed by atoms with Crippen LogP contribution in [0.3, 0.4) is 0 Å². The highest BCUT2D eigenvalue weighted by Crippen LogP contribution is 2.20. The number of hydrogen-bond acceptors (Lipinski definition) is 3. The zero-order valence-electron chi connectivity index (χ0n) is 16.0. The lowest BCUT2D eigenvalue weighted by Crippen LogP contribution is -2.30. The van der Waals surface area contributed by atoms with E-state index in [9.17, 15) is 4.79 Å². The molecule has 3 aromatic rings. The molecule has 0 radical (unpaired) electrons. The molecule has 0 bridgehead atoms. The Labute approximate surface area is 160 Å². The summed E-state index contributed by atoms with van der Waals surface area (Å²) < 4.78 is 0. The van der Waals surface area contributed by atoms with Crippen molar-refractivity contribution in [1.29, 1.82) is 0 Å². The molecule has 4 heteroatoms. The van der Waals surface area contributed by atoms with Crippen LogP contribution in [0.2, 0.25) is 0 Å². The van der Waals surface area contributed by atoms with Crippen molar-refractivity contribution >= 4 is 17.4 Å². The summed E-state index contributed by atoms with van der Waals surface area (Å²) in [7, 11) is 0. The molecule has 1 heterocycles. The maximum Gasteiger partial charge on any atom is 0.259 e. The smallest absolute Gasteiger partial charge is 0.259 e. The van der Waals surface area contributed by atoms with Gasteiger partial charge in [-0.05, 0) is 56.2 Å². The number of anilines is 2. The number of benzene rings is 2. The van der Waals surface area contributed by atoms with E-state index in [1.165, 1.54) is 5.56 Å². The van der Waals surface area contributed by atoms with Gasteiger partial charge in [0.25, 0.3) is 5.91 Å². The minimum atomic E-state index is -0.0433. The summed E-state index contributed by atoms with van der Waals surface area (Å²) in [6, 6.07) is 22.0. The minimum Gasteiger partial charge on any atom is -0.364 e. The molecule has 1 N–H and O–H groups in total. The summed E-state index contributed by atoms with van der Waals surface area (Å²) in [5.41, 5.74) is 3.81. The highest BCUT2D eigenvalue weighted by molar-refractivity contribution is 6.06. The van der Waals surface area contributed by atoms with Crippen molar-refractivity contribution in [1.82, 2.24) is 4.98 Å². The predicted octanol–water partition coefficient (Wildman–Crippen LogP) is 5.23. The van der Waals surface area contributed by atoms with Gasteiger partial charge in [-0.25, -0.2) is 4.98 Å². The van der Waals surface area contributed by atoms with Gasteiger partial charge in [0.2, 0.25) is 0 Å². The SMILES string of the molecule is CCN(C(=O)c1ccc(NC(C)c2ccccc2)nc1)c1cccc(C)c1. The third kappa shape index (κ3) is 4.53. The Morgan fingerprint density at radius 3 is 2.48 bits per heavy atom. The Kier molecular flexibility index (Phi) is 5.87. The Balaban J connectivity index is 1.73. The highest BCUT2D eigenvalue weighted by atomic mass is 16.2. The van der Waals surface area contributed by atoms with Gasteiger partial charge in [-0.2, -0.15) is 0 Å². The van der Waals surface area contributed by atoms with Gasteiger partial charge in [0.1, 0.15) is 5.82 Å². The predicted molar refractivity (Wildman–Crippen MR) is 111 cm³/mol. The van der Waals surface area contributed by atoms with Gasteiger partial charge in [0, 0.05) is 24.5 Å². The van der Waals surface area contributed by atoms with Gasteiger partial charge in [-0.1, -0.05) is 42.5 Å². The fourth-order valence-corrected chi connectivity index (χ4v) is 3.05. The highest BCUT2D eigenvalue weighted by Gasteiger charge is 2.17. The molecule has 2 aromatic carbocycles. The van der Waals surface area contributed by atoms with Crippen molar-refractivity contribution in [3.63, 3.8) is 0 Å². The van der Waals surface area contributed by atoms with Crippen LogP contribution in [0.25, 0.3) is 0 Å². The van der Waals surface area contributed by atoms with E-state index in [1.54, 1.807) is 11.1 Å². The summed E-state index contributed by atoms with van der Waals surface area (Å²) in [6.45, 7) is 6.70. The zero-order chi connectivity index (χ0) is 19.2. The quantitative estimate of drug-likeness (QED) is 0.655. The molecule has 1 atom stereocenters. The van der Waals surface area contributed by atoms with Crippen LogP contribution in [-0.4, -0.2) is 17.4 Å². The topological polar surface area (TPSA) is 45.2 Å². The number of aryl methyl sites for hydroxylation is 1. The van der Waals surface area contributed by atoms with E-state index < -0.39 is 0 Å². The van der Waals surface area contributed by atoms with E-state index >= 15 is 0 Å². The molecule has 1 amide bonds. The number of hydrogen-bond donors (Lipinski definition) is 1. The third-order valence-corrected chi connectivity index (χ3v) is 4.55. The lowest BCUT2D eigenvalue weighted by Gasteiger charge is -2.21. The molecule has 0 aliphatic carbocycles. The maximum absolute atomic E-state index is 12.9. The largest absolute Gasteiger partial charge is 0.364 e. The molecular formula is C23H25N3O. The number of amides is 1. The van der Waals surface area contributed by atoms with Crippen LogP contribution >= 0.6 is 0 Å². The zero-order valence-corrected chi connectivity index (χ0v) is 16.0. The lowest BCUT2D eigenvalue weighted by atomic mass is 10.1. The molecule has 0 spiro atoms. The number of rotatable bonds is 6. The monoisotopic (exact) mass is 359 g/mol. The Hall–Kier alpha value is -3.14. The fraction of sp³-hybridized carbons (Fsp3) is 0.217. The summed E-state index contributed by atoms with van der Waals surface area (Å²) in [5.74, 6) is 0.708. The maximum atomic E-state index is 12.9. The van der Waals surface area contributed by atoms with Crippen molar-refractivity contribution < 1.29 is 4.79 Å². The van der Waals surface area contributed by atoms with Gasteiger partial charge in [0.05, 0.1) is 5.56 Å². The van der Waals surface area contributed by atoms with Crippen LogP contribution in [0.5, 0.6) is 0 Å². The van der Waals surface area contributed by atoms with Crippen molar-refractivity contribution in [3.05, 3.63) is 89.6 Å². The normalized spacial score (nSPS) is 11.7. The van der Waals surface area contributed by atoms with E-state index in [0.717, 1.165) is 17.1 Å². The van der Waals surface area contributed by atoms with E-state index in [0.29, 0.717) is 12.1 Å². The number of pyridine rings is 1. The number of carbonyl (C=O) groups is 1. The van der Waals surface area contributed by atoms with Gasteiger partial charge < -0.3 is 10.2 Å². The number of aromatic nitrogens is 1. The summed E-state index contributed by atoms with van der Waals surface area (Å²) in [5, 5.41) is 3.37. The second-order valence-electron chi connectivity index (χ2n) is 6.60. The average Bonchev–Trinajstić information content (AvgIpc) is 2.70. The molecule has 0 aliphatic heterocycles. The van der Waals surface area contributed by atoms with Crippen molar-refractivity contribution in [2.75, 3.05) is 16.8 Å². The standard InChI is InChI=1S/C23H25N3O/c1-4-26(21-12-8-9-17(2)15-21)23(27)20-13-14-22(24-16-20)25-18(3)19-10-6-5-7-11-19/h5-16,18H,4H2,1-3H3,(H,24,25). The second kappa shape index (κ2) is 8.49. The van der Waals surface area contributed by atoms with Crippen molar-refractivity contribution in [2.45, 2.75) is 26.8 Å². The fourth-order valence-electron chi connectivity index (χ4n) is 3.05. The molecule has 4 nitrogen and oxygen atoms in total. The van der Waals surface area contributed by atoms with Crippen LogP contribution < -0.4 is 10.2 Å². The van der Waals surface area contributed by atoms with E-state index in [1.807, 2.05) is 68.4 Å². The van der Waals surface area contributed by atoms with Gasteiger partial charge in [-0.15, -0.1) is 0 Å². The van der Waals surface area contributed by atoms with Gasteiger partial charge in [0.15, 0.2) is 0 Å². The molecule has 0 saturated carbocycles. The van der Waals surface area contributed by atoms with E-state index in [2.05, 4.69) is 29.4 Å². The molecule has 0 aliphatic rings. The van der Waals surface area contributed by atoms with Crippen LogP contribution in [0.15, 0.2) is 72.9 Å². The summed E-state index contributed by atoms with van der Waals surface area (Å²) in [4.78, 5) is 19.1. The van der Waals surface area contributed by atoms with E-state index in [-0.39, 0.29) is 11.9 Å². The molecule has 27 heavy (non-hydrogen) atoms. The number of carbonyl (C=O) groups excluding carboxylic acids is 1. The summed E-state index contributed by atoms with van der Waals surface area (Å²) in [6.07, 6.45) is 1.64. The van der Waals surface area contributed by atoms with Crippen LogP contribution in [0.4, 0.5) is 11.5 Å². The molecule has 1 aromatic heterocycles. The average molecular weight is 359 g/mol. The molecular weight excluding hydrogens is 334 g/mol. The molecule has 3 rings (SSSR count). The first-order valence-electron chi connectivity index (χ1n) is 9.24. The second-order valence-corrected chi connectivity index (χ2v) is 6.60. The molecule has 0 fully saturated rings. The molecule has 138 valence electrons. The van der Waals surface area contributed by atoms with Gasteiger partial charge >= 0.3 is 0 Å². The van der Waals surface area contributed by atoms with Crippen molar-refractivity contribution in [3.8, 4) is 0 Å². The lowest BCUT2D eigenvalue weighted by molar-refractivity contribution is 0.0988. The van der Waals surface area contributed by atoms with Crippen LogP contribution in [0, 0.1) is 6.92 Å². The minimum absolute atomic E-state index is 0.0433. The van der Waals surface area contributed by atoms with Crippen molar-refractivity contribution in [2.24, 2.45) is 0 Å². The first-order valence-corrected chi connectivity index (χ1v) is 9.24. The first kappa shape index (κ1) is 18.6. The van der Waals surface area contributed by atoms with Crippen LogP contribution in [0.1, 0.15) is 41.4 Å². The Morgan fingerprint density at radius 1 is 1.07 bits per heavy atom. The molecule has 0 saturated heterocycles. The molecule has 1 unspecified atom stereocenters. The Morgan fingerprint density at radius 2 is 1.85 bits per heavy atom. The third-order valence-electron chi connectivity index (χ3n) is 4.55. The van der Waals surface area contributed by atoms with Crippen LogP contribution in [-0.2, 0) is 0 Å². The summed E-state index contributed by atoms with van der Waals surface area (Å²) >= 11 is 0. The number of nitrogens with one attached hydrogen (secondary N) is 1. The van der Waals surface area contributed by atoms with E-state index in [4.69, 9.17) is 0 Å². The number of nitrogens with zero attached hydrogens (tertiary/aromatic N) is 2. The first-order chi connectivity index (χ1) is 13.1. The Bertz CT molecular complexity index is 891.